The molecule has 0 spiro atoms. The number of para-hydroxylation sites is 1. The Hall–Kier alpha value is -4.90. The molecule has 8 rings (SSSR count). The van der Waals surface area contributed by atoms with E-state index in [-0.39, 0.29) is 0 Å². The summed E-state index contributed by atoms with van der Waals surface area (Å²) in [5.74, 6) is 0. The van der Waals surface area contributed by atoms with Crippen LogP contribution in [0.3, 0.4) is 0 Å². The summed E-state index contributed by atoms with van der Waals surface area (Å²) in [6, 6.07) is 46.5. The molecule has 1 heterocycles. The molecule has 2 N–H and O–H groups in total. The predicted octanol–water partition coefficient (Wildman–Crippen LogP) is 7.44. The molecule has 7 aromatic rings. The van der Waals surface area contributed by atoms with Crippen molar-refractivity contribution in [3.63, 3.8) is 0 Å². The van der Waals surface area contributed by atoms with Gasteiger partial charge >= 0.3 is 7.12 Å². The third-order valence-electron chi connectivity index (χ3n) is 8.18. The topological polar surface area (TPSA) is 45.4 Å². The van der Waals surface area contributed by atoms with Gasteiger partial charge in [0, 0.05) is 16.5 Å². The van der Waals surface area contributed by atoms with E-state index in [0.29, 0.717) is 5.46 Å². The molecule has 0 unspecified atom stereocenters. The van der Waals surface area contributed by atoms with Crippen molar-refractivity contribution in [1.82, 2.24) is 4.57 Å². The van der Waals surface area contributed by atoms with Gasteiger partial charge in [-0.05, 0) is 86.4 Å². The molecule has 0 saturated heterocycles. The first-order valence-electron chi connectivity index (χ1n) is 13.5. The molecule has 0 aliphatic heterocycles. The van der Waals surface area contributed by atoms with Gasteiger partial charge in [-0.3, -0.25) is 0 Å². The van der Waals surface area contributed by atoms with Crippen molar-refractivity contribution < 1.29 is 10.0 Å². The van der Waals surface area contributed by atoms with Crippen LogP contribution in [0.2, 0.25) is 0 Å². The van der Waals surface area contributed by atoms with Crippen LogP contribution in [0.4, 0.5) is 0 Å². The number of fused-ring (bicyclic) bond motifs is 7. The van der Waals surface area contributed by atoms with Gasteiger partial charge in [0.25, 0.3) is 0 Å². The summed E-state index contributed by atoms with van der Waals surface area (Å²) in [4.78, 5) is 0. The van der Waals surface area contributed by atoms with E-state index < -0.39 is 7.12 Å². The fourth-order valence-electron chi connectivity index (χ4n) is 6.37. The summed E-state index contributed by atoms with van der Waals surface area (Å²) < 4.78 is 2.34. The van der Waals surface area contributed by atoms with Gasteiger partial charge in [0.05, 0.1) is 11.0 Å². The van der Waals surface area contributed by atoms with E-state index in [1.54, 1.807) is 6.07 Å². The molecule has 4 heteroatoms. The highest BCUT2D eigenvalue weighted by molar-refractivity contribution is 6.61. The van der Waals surface area contributed by atoms with E-state index in [1.807, 2.05) is 18.2 Å². The van der Waals surface area contributed by atoms with Crippen LogP contribution in [0.15, 0.2) is 133 Å². The predicted molar refractivity (Wildman–Crippen MR) is 166 cm³/mol. The minimum atomic E-state index is -1.51. The van der Waals surface area contributed by atoms with Crippen molar-refractivity contribution in [2.24, 2.45) is 0 Å². The SMILES string of the molecule is OB(O)c1cccc2c1-c1c(-c3ccc4c(c3)c3cc(-c5ccccc5)ccc3n4-c3ccccc3)cccc1-2. The zero-order valence-corrected chi connectivity index (χ0v) is 21.6. The zero-order valence-electron chi connectivity index (χ0n) is 21.6. The van der Waals surface area contributed by atoms with E-state index in [9.17, 15) is 10.0 Å². The monoisotopic (exact) mass is 513 g/mol. The Labute approximate surface area is 232 Å². The first kappa shape index (κ1) is 23.0. The second-order valence-corrected chi connectivity index (χ2v) is 10.4. The van der Waals surface area contributed by atoms with Crippen molar-refractivity contribution in [3.8, 4) is 50.2 Å². The van der Waals surface area contributed by atoms with Gasteiger partial charge in [0.15, 0.2) is 0 Å². The molecule has 188 valence electrons. The van der Waals surface area contributed by atoms with E-state index in [4.69, 9.17) is 0 Å². The van der Waals surface area contributed by atoms with Gasteiger partial charge in [-0.25, -0.2) is 0 Å². The van der Waals surface area contributed by atoms with E-state index in [1.165, 1.54) is 21.9 Å². The van der Waals surface area contributed by atoms with Crippen LogP contribution in [0.5, 0.6) is 0 Å². The Morgan fingerprint density at radius 2 is 1.02 bits per heavy atom. The van der Waals surface area contributed by atoms with Crippen LogP contribution in [0.25, 0.3) is 72.0 Å². The summed E-state index contributed by atoms with van der Waals surface area (Å²) in [5.41, 5.74) is 12.8. The molecule has 0 radical (unpaired) electrons. The smallest absolute Gasteiger partial charge is 0.423 e. The first-order valence-corrected chi connectivity index (χ1v) is 13.5. The van der Waals surface area contributed by atoms with Crippen LogP contribution < -0.4 is 5.46 Å². The fraction of sp³-hybridized carbons (Fsp3) is 0. The highest BCUT2D eigenvalue weighted by Gasteiger charge is 2.31. The molecule has 3 nitrogen and oxygen atoms in total. The van der Waals surface area contributed by atoms with Crippen LogP contribution in [-0.2, 0) is 0 Å². The number of aromatic nitrogens is 1. The number of hydrogen-bond donors (Lipinski definition) is 2. The lowest BCUT2D eigenvalue weighted by Crippen LogP contribution is -2.33. The molecule has 0 saturated carbocycles. The van der Waals surface area contributed by atoms with Crippen molar-refractivity contribution in [3.05, 3.63) is 133 Å². The van der Waals surface area contributed by atoms with E-state index >= 15 is 0 Å². The van der Waals surface area contributed by atoms with Crippen molar-refractivity contribution in [2.75, 3.05) is 0 Å². The number of nitrogens with zero attached hydrogens (tertiary/aromatic N) is 1. The van der Waals surface area contributed by atoms with Crippen LogP contribution in [0, 0.1) is 0 Å². The molecule has 40 heavy (non-hydrogen) atoms. The maximum atomic E-state index is 10.1. The lowest BCUT2D eigenvalue weighted by molar-refractivity contribution is 0.426. The standard InChI is InChI=1S/C36H24BNO2/c39-37(40)32-16-8-15-29-28-14-7-13-27(35(28)36(29)32)25-18-20-34-31(22-25)30-21-24(23-9-3-1-4-10-23)17-19-33(30)38(34)26-11-5-2-6-12-26/h1-22,39-40H. The summed E-state index contributed by atoms with van der Waals surface area (Å²) in [7, 11) is -1.51. The van der Waals surface area contributed by atoms with Gasteiger partial charge in [0.1, 0.15) is 0 Å². The summed E-state index contributed by atoms with van der Waals surface area (Å²) in [6.07, 6.45) is 0. The third kappa shape index (κ3) is 3.34. The fourth-order valence-corrected chi connectivity index (χ4v) is 6.37. The number of rotatable bonds is 4. The lowest BCUT2D eigenvalue weighted by Gasteiger charge is -2.29. The Morgan fingerprint density at radius 3 is 1.73 bits per heavy atom. The molecule has 1 aliphatic rings. The highest BCUT2D eigenvalue weighted by atomic mass is 16.4. The van der Waals surface area contributed by atoms with Crippen molar-refractivity contribution in [2.45, 2.75) is 0 Å². The van der Waals surface area contributed by atoms with Gasteiger partial charge in [-0.1, -0.05) is 97.1 Å². The van der Waals surface area contributed by atoms with Crippen LogP contribution >= 0.6 is 0 Å². The zero-order chi connectivity index (χ0) is 26.8. The molecule has 0 bridgehead atoms. The largest absolute Gasteiger partial charge is 0.489 e. The van der Waals surface area contributed by atoms with Gasteiger partial charge in [-0.15, -0.1) is 0 Å². The second kappa shape index (κ2) is 8.82. The summed E-state index contributed by atoms with van der Waals surface area (Å²) in [6.45, 7) is 0. The Kier molecular flexibility index (Phi) is 5.08. The van der Waals surface area contributed by atoms with E-state index in [0.717, 1.165) is 50.1 Å². The maximum absolute atomic E-state index is 10.1. The highest BCUT2D eigenvalue weighted by Crippen LogP contribution is 2.51. The van der Waals surface area contributed by atoms with E-state index in [2.05, 4.69) is 114 Å². The molecular weight excluding hydrogens is 489 g/mol. The molecular formula is C36H24BNO2. The number of benzene rings is 6. The minimum absolute atomic E-state index is 0.548. The molecule has 6 aromatic carbocycles. The average Bonchev–Trinajstić information content (AvgIpc) is 3.33. The van der Waals surface area contributed by atoms with Gasteiger partial charge in [0.2, 0.25) is 0 Å². The minimum Gasteiger partial charge on any atom is -0.423 e. The molecule has 0 fully saturated rings. The number of hydrogen-bond acceptors (Lipinski definition) is 2. The molecule has 0 amide bonds. The summed E-state index contributed by atoms with van der Waals surface area (Å²) in [5, 5.41) is 22.6. The first-order chi connectivity index (χ1) is 19.7. The molecule has 1 aliphatic carbocycles. The summed E-state index contributed by atoms with van der Waals surface area (Å²) >= 11 is 0. The Bertz CT molecular complexity index is 2080. The van der Waals surface area contributed by atoms with Gasteiger partial charge < -0.3 is 14.6 Å². The normalized spacial score (nSPS) is 11.8. The Morgan fingerprint density at radius 1 is 0.450 bits per heavy atom. The van der Waals surface area contributed by atoms with Gasteiger partial charge in [-0.2, -0.15) is 0 Å². The Balaban J connectivity index is 1.39. The van der Waals surface area contributed by atoms with Crippen molar-refractivity contribution in [1.29, 1.82) is 0 Å². The average molecular weight is 513 g/mol. The van der Waals surface area contributed by atoms with Crippen LogP contribution in [-0.4, -0.2) is 21.7 Å². The van der Waals surface area contributed by atoms with Crippen molar-refractivity contribution >= 4 is 34.4 Å². The maximum Gasteiger partial charge on any atom is 0.489 e. The quantitative estimate of drug-likeness (QED) is 0.240. The third-order valence-corrected chi connectivity index (χ3v) is 8.18. The lowest BCUT2D eigenvalue weighted by atomic mass is 9.66. The molecule has 0 atom stereocenters. The molecule has 1 aromatic heterocycles. The second-order valence-electron chi connectivity index (χ2n) is 10.4. The van der Waals surface area contributed by atoms with Crippen LogP contribution in [0.1, 0.15) is 0 Å².